The molecule has 0 fully saturated rings. The van der Waals surface area contributed by atoms with Gasteiger partial charge >= 0.3 is 0 Å². The summed E-state index contributed by atoms with van der Waals surface area (Å²) in [6, 6.07) is 20.2. The average molecular weight is 601 g/mol. The second-order valence-electron chi connectivity index (χ2n) is 9.28. The van der Waals surface area contributed by atoms with E-state index in [0.717, 1.165) is 27.4 Å². The number of hydrogen-bond acceptors (Lipinski definition) is 4. The Balaban J connectivity index is 2.02. The number of carbonyl (C=O) groups is 2. The highest BCUT2D eigenvalue weighted by Crippen LogP contribution is 2.27. The van der Waals surface area contributed by atoms with Gasteiger partial charge in [-0.1, -0.05) is 76.4 Å². The first-order chi connectivity index (χ1) is 18.0. The van der Waals surface area contributed by atoms with Crippen LogP contribution in [0, 0.1) is 13.8 Å². The summed E-state index contributed by atoms with van der Waals surface area (Å²) in [6.45, 7) is 7.63. The summed E-state index contributed by atoms with van der Waals surface area (Å²) < 4.78 is 29.4. The second-order valence-corrected chi connectivity index (χ2v) is 12.1. The quantitative estimate of drug-likeness (QED) is 0.328. The maximum absolute atomic E-state index is 13.9. The van der Waals surface area contributed by atoms with Crippen molar-refractivity contribution in [3.63, 3.8) is 0 Å². The predicted molar refractivity (Wildman–Crippen MR) is 154 cm³/mol. The van der Waals surface area contributed by atoms with Crippen molar-refractivity contribution in [1.82, 2.24) is 10.2 Å². The lowest BCUT2D eigenvalue weighted by molar-refractivity contribution is -0.139. The van der Waals surface area contributed by atoms with E-state index >= 15 is 0 Å². The Bertz CT molecular complexity index is 1380. The highest BCUT2D eigenvalue weighted by atomic mass is 79.9. The Morgan fingerprint density at radius 1 is 0.947 bits per heavy atom. The third-order valence-corrected chi connectivity index (χ3v) is 8.42. The van der Waals surface area contributed by atoms with Gasteiger partial charge in [0.25, 0.3) is 10.0 Å². The Hall–Kier alpha value is -3.17. The summed E-state index contributed by atoms with van der Waals surface area (Å²) in [5, 5.41) is 2.85. The Kier molecular flexibility index (Phi) is 10.1. The van der Waals surface area contributed by atoms with Gasteiger partial charge in [-0.25, -0.2) is 8.42 Å². The van der Waals surface area contributed by atoms with E-state index in [4.69, 9.17) is 0 Å². The van der Waals surface area contributed by atoms with Gasteiger partial charge in [0.2, 0.25) is 11.8 Å². The molecule has 0 saturated heterocycles. The molecule has 0 heterocycles. The molecule has 0 spiro atoms. The number of aryl methyl sites for hydroxylation is 2. The van der Waals surface area contributed by atoms with E-state index in [1.807, 2.05) is 45.0 Å². The molecule has 202 valence electrons. The zero-order valence-electron chi connectivity index (χ0n) is 22.1. The molecule has 0 radical (unpaired) electrons. The average Bonchev–Trinajstić information content (AvgIpc) is 2.88. The highest BCUT2D eigenvalue weighted by Gasteiger charge is 2.32. The number of nitrogens with one attached hydrogen (secondary N) is 1. The van der Waals surface area contributed by atoms with Gasteiger partial charge in [-0.2, -0.15) is 0 Å². The summed E-state index contributed by atoms with van der Waals surface area (Å²) >= 11 is 3.41. The molecule has 0 aliphatic rings. The van der Waals surface area contributed by atoms with E-state index in [0.29, 0.717) is 16.7 Å². The number of rotatable bonds is 11. The molecule has 1 atom stereocenters. The van der Waals surface area contributed by atoms with Gasteiger partial charge in [-0.3, -0.25) is 13.9 Å². The molecular formula is C29H34BrN3O4S. The van der Waals surface area contributed by atoms with E-state index in [2.05, 4.69) is 21.2 Å². The molecule has 38 heavy (non-hydrogen) atoms. The van der Waals surface area contributed by atoms with Gasteiger partial charge in [0.05, 0.1) is 10.6 Å². The number of carbonyl (C=O) groups excluding carboxylic acids is 2. The van der Waals surface area contributed by atoms with Crippen LogP contribution in [0.15, 0.2) is 82.2 Å². The van der Waals surface area contributed by atoms with Crippen molar-refractivity contribution in [3.8, 4) is 0 Å². The Morgan fingerprint density at radius 2 is 1.63 bits per heavy atom. The minimum absolute atomic E-state index is 0.0786. The normalized spacial score (nSPS) is 12.0. The van der Waals surface area contributed by atoms with E-state index in [1.165, 1.54) is 17.0 Å². The molecule has 1 N–H and O–H groups in total. The van der Waals surface area contributed by atoms with E-state index in [1.54, 1.807) is 43.3 Å². The van der Waals surface area contributed by atoms with Crippen LogP contribution in [0.25, 0.3) is 0 Å². The summed E-state index contributed by atoms with van der Waals surface area (Å²) in [5.74, 6) is -0.774. The molecule has 0 saturated carbocycles. The number of hydrogen-bond donors (Lipinski definition) is 1. The van der Waals surface area contributed by atoms with Gasteiger partial charge in [-0.05, 0) is 63.1 Å². The SMILES string of the molecule is CCCNC(=O)[C@H](C)N(Cc1cccc(C)c1)C(=O)CN(c1cccc(Br)c1)S(=O)(=O)c1ccc(C)cc1. The van der Waals surface area contributed by atoms with Crippen molar-refractivity contribution >= 4 is 43.5 Å². The Labute approximate surface area is 234 Å². The van der Waals surface area contributed by atoms with E-state index in [9.17, 15) is 18.0 Å². The molecule has 2 amide bonds. The summed E-state index contributed by atoms with van der Waals surface area (Å²) in [6.07, 6.45) is 0.760. The monoisotopic (exact) mass is 599 g/mol. The van der Waals surface area contributed by atoms with Crippen LogP contribution < -0.4 is 9.62 Å². The third kappa shape index (κ3) is 7.45. The van der Waals surface area contributed by atoms with Crippen molar-refractivity contribution in [2.75, 3.05) is 17.4 Å². The molecule has 0 aromatic heterocycles. The molecular weight excluding hydrogens is 566 g/mol. The van der Waals surface area contributed by atoms with Crippen LogP contribution >= 0.6 is 15.9 Å². The largest absolute Gasteiger partial charge is 0.354 e. The molecule has 0 aliphatic carbocycles. The van der Waals surface area contributed by atoms with Crippen molar-refractivity contribution < 1.29 is 18.0 Å². The van der Waals surface area contributed by atoms with Crippen LogP contribution in [0.4, 0.5) is 5.69 Å². The van der Waals surface area contributed by atoms with E-state index in [-0.39, 0.29) is 17.3 Å². The number of halogens is 1. The van der Waals surface area contributed by atoms with Gasteiger partial charge < -0.3 is 10.2 Å². The molecule has 3 aromatic carbocycles. The summed E-state index contributed by atoms with van der Waals surface area (Å²) in [7, 11) is -4.09. The first kappa shape index (κ1) is 29.4. The minimum Gasteiger partial charge on any atom is -0.354 e. The molecule has 7 nitrogen and oxygen atoms in total. The lowest BCUT2D eigenvalue weighted by Crippen LogP contribution is -2.51. The number of amides is 2. The van der Waals surface area contributed by atoms with E-state index < -0.39 is 28.5 Å². The van der Waals surface area contributed by atoms with Crippen LogP contribution in [0.2, 0.25) is 0 Å². The van der Waals surface area contributed by atoms with Crippen molar-refractivity contribution in [2.24, 2.45) is 0 Å². The smallest absolute Gasteiger partial charge is 0.264 e. The fourth-order valence-electron chi connectivity index (χ4n) is 3.98. The maximum Gasteiger partial charge on any atom is 0.264 e. The maximum atomic E-state index is 13.9. The Morgan fingerprint density at radius 3 is 2.26 bits per heavy atom. The topological polar surface area (TPSA) is 86.8 Å². The fraction of sp³-hybridized carbons (Fsp3) is 0.310. The molecule has 0 bridgehead atoms. The van der Waals surface area contributed by atoms with Gasteiger partial charge in [-0.15, -0.1) is 0 Å². The van der Waals surface area contributed by atoms with Crippen molar-refractivity contribution in [3.05, 3.63) is 94.0 Å². The van der Waals surface area contributed by atoms with Gasteiger partial charge in [0.15, 0.2) is 0 Å². The van der Waals surface area contributed by atoms with Crippen LogP contribution in [-0.4, -0.2) is 44.3 Å². The third-order valence-electron chi connectivity index (χ3n) is 6.14. The van der Waals surface area contributed by atoms with Crippen molar-refractivity contribution in [2.45, 2.75) is 51.6 Å². The number of anilines is 1. The molecule has 0 aliphatic heterocycles. The van der Waals surface area contributed by atoms with Gasteiger partial charge in [0.1, 0.15) is 12.6 Å². The van der Waals surface area contributed by atoms with Crippen molar-refractivity contribution in [1.29, 1.82) is 0 Å². The fourth-order valence-corrected chi connectivity index (χ4v) is 5.78. The minimum atomic E-state index is -4.09. The molecule has 9 heteroatoms. The zero-order valence-corrected chi connectivity index (χ0v) is 24.6. The highest BCUT2D eigenvalue weighted by molar-refractivity contribution is 9.10. The zero-order chi connectivity index (χ0) is 27.9. The van der Waals surface area contributed by atoms with Crippen LogP contribution in [0.3, 0.4) is 0 Å². The lowest BCUT2D eigenvalue weighted by atomic mass is 10.1. The first-order valence-electron chi connectivity index (χ1n) is 12.5. The standard InChI is InChI=1S/C29H34BrN3O4S/c1-5-16-31-29(35)23(4)32(19-24-9-6-8-22(3)17-24)28(34)20-33(26-11-7-10-25(30)18-26)38(36,37)27-14-12-21(2)13-15-27/h6-15,17-18,23H,5,16,19-20H2,1-4H3,(H,31,35)/t23-/m0/s1. The molecule has 3 rings (SSSR count). The number of nitrogens with zero attached hydrogens (tertiary/aromatic N) is 2. The lowest BCUT2D eigenvalue weighted by Gasteiger charge is -2.32. The van der Waals surface area contributed by atoms with Crippen LogP contribution in [-0.2, 0) is 26.2 Å². The molecule has 3 aromatic rings. The van der Waals surface area contributed by atoms with Crippen LogP contribution in [0.1, 0.15) is 37.0 Å². The predicted octanol–water partition coefficient (Wildman–Crippen LogP) is 5.20. The second kappa shape index (κ2) is 13.1. The van der Waals surface area contributed by atoms with Crippen LogP contribution in [0.5, 0.6) is 0 Å². The molecule has 0 unspecified atom stereocenters. The van der Waals surface area contributed by atoms with Gasteiger partial charge in [0, 0.05) is 17.6 Å². The first-order valence-corrected chi connectivity index (χ1v) is 14.7. The number of sulfonamides is 1. The summed E-state index contributed by atoms with van der Waals surface area (Å²) in [5.41, 5.74) is 3.14. The number of benzene rings is 3. The summed E-state index contributed by atoms with van der Waals surface area (Å²) in [4.78, 5) is 28.3.